The van der Waals surface area contributed by atoms with E-state index in [0.717, 1.165) is 18.7 Å². The van der Waals surface area contributed by atoms with Gasteiger partial charge in [0.2, 0.25) is 10.0 Å². The van der Waals surface area contributed by atoms with Crippen LogP contribution in [0.3, 0.4) is 0 Å². The number of sulfonamides is 1. The predicted octanol–water partition coefficient (Wildman–Crippen LogP) is 0.999. The van der Waals surface area contributed by atoms with Gasteiger partial charge in [-0.05, 0) is 12.5 Å². The van der Waals surface area contributed by atoms with Crippen molar-refractivity contribution in [2.75, 3.05) is 38.6 Å². The second-order valence-electron chi connectivity index (χ2n) is 4.83. The number of rotatable bonds is 6. The average molecular weight is 298 g/mol. The van der Waals surface area contributed by atoms with Crippen molar-refractivity contribution < 1.29 is 13.2 Å². The minimum atomic E-state index is -3.17. The van der Waals surface area contributed by atoms with Crippen LogP contribution in [0.25, 0.3) is 0 Å². The lowest BCUT2D eigenvalue weighted by molar-refractivity contribution is 0.0172. The molecule has 2 rings (SSSR count). The van der Waals surface area contributed by atoms with Crippen molar-refractivity contribution in [3.8, 4) is 0 Å². The lowest BCUT2D eigenvalue weighted by atomic mass is 10.1. The fourth-order valence-corrected chi connectivity index (χ4v) is 2.95. The third-order valence-electron chi connectivity index (χ3n) is 3.55. The topological polar surface area (TPSA) is 58.6 Å². The molecule has 5 nitrogen and oxygen atoms in total. The zero-order chi connectivity index (χ0) is 14.4. The van der Waals surface area contributed by atoms with Gasteiger partial charge in [-0.25, -0.2) is 13.1 Å². The molecule has 1 aliphatic heterocycles. The number of ether oxygens (including phenoxy) is 1. The maximum absolute atomic E-state index is 11.7. The second kappa shape index (κ2) is 7.17. The summed E-state index contributed by atoms with van der Waals surface area (Å²) in [4.78, 5) is 2.27. The Balaban J connectivity index is 2.11. The average Bonchev–Trinajstić information content (AvgIpc) is 2.49. The van der Waals surface area contributed by atoms with Crippen molar-refractivity contribution in [1.82, 2.24) is 9.62 Å². The molecular weight excluding hydrogens is 276 g/mol. The highest BCUT2D eigenvalue weighted by molar-refractivity contribution is 7.89. The van der Waals surface area contributed by atoms with Crippen molar-refractivity contribution in [3.05, 3.63) is 35.9 Å². The fourth-order valence-electron chi connectivity index (χ4n) is 2.33. The van der Waals surface area contributed by atoms with Gasteiger partial charge in [0.25, 0.3) is 0 Å². The fraction of sp³-hybridized carbons (Fsp3) is 0.571. The normalized spacial score (nSPS) is 18.9. The van der Waals surface area contributed by atoms with Gasteiger partial charge in [-0.1, -0.05) is 30.3 Å². The molecule has 0 amide bonds. The van der Waals surface area contributed by atoms with E-state index in [9.17, 15) is 8.42 Å². The summed E-state index contributed by atoms with van der Waals surface area (Å²) in [5.41, 5.74) is 1.13. The van der Waals surface area contributed by atoms with Crippen molar-refractivity contribution in [2.45, 2.75) is 13.0 Å². The summed E-state index contributed by atoms with van der Waals surface area (Å²) in [7, 11) is -3.17. The molecular formula is C14H22N2O3S. The SMILES string of the molecule is CCS(=O)(=O)NCC(c1ccccc1)N1CCOCC1. The molecule has 1 fully saturated rings. The largest absolute Gasteiger partial charge is 0.379 e. The summed E-state index contributed by atoms with van der Waals surface area (Å²) >= 11 is 0. The molecule has 1 aromatic rings. The summed E-state index contributed by atoms with van der Waals surface area (Å²) in [5.74, 6) is 0.109. The molecule has 0 bridgehead atoms. The Hall–Kier alpha value is -0.950. The van der Waals surface area contributed by atoms with Gasteiger partial charge in [0.1, 0.15) is 0 Å². The summed E-state index contributed by atoms with van der Waals surface area (Å²) in [6, 6.07) is 10.1. The van der Waals surface area contributed by atoms with E-state index in [4.69, 9.17) is 4.74 Å². The third-order valence-corrected chi connectivity index (χ3v) is 4.91. The van der Waals surface area contributed by atoms with Crippen LogP contribution in [0.5, 0.6) is 0 Å². The molecule has 1 unspecified atom stereocenters. The maximum atomic E-state index is 11.7. The lowest BCUT2D eigenvalue weighted by Crippen LogP contribution is -2.44. The van der Waals surface area contributed by atoms with E-state index in [0.29, 0.717) is 19.8 Å². The molecule has 20 heavy (non-hydrogen) atoms. The van der Waals surface area contributed by atoms with Crippen LogP contribution in [0, 0.1) is 0 Å². The molecule has 1 heterocycles. The highest BCUT2D eigenvalue weighted by Gasteiger charge is 2.23. The summed E-state index contributed by atoms with van der Waals surface area (Å²) in [6.45, 7) is 5.10. The molecule has 0 radical (unpaired) electrons. The maximum Gasteiger partial charge on any atom is 0.211 e. The molecule has 112 valence electrons. The first-order valence-electron chi connectivity index (χ1n) is 6.96. The van der Waals surface area contributed by atoms with E-state index in [1.165, 1.54) is 0 Å². The van der Waals surface area contributed by atoms with Crippen LogP contribution in [-0.4, -0.2) is 51.9 Å². The van der Waals surface area contributed by atoms with Gasteiger partial charge in [0.05, 0.1) is 19.0 Å². The van der Waals surface area contributed by atoms with Gasteiger partial charge in [-0.15, -0.1) is 0 Å². The van der Waals surface area contributed by atoms with Crippen LogP contribution < -0.4 is 4.72 Å². The van der Waals surface area contributed by atoms with E-state index in [1.54, 1.807) is 6.92 Å². The van der Waals surface area contributed by atoms with Crippen LogP contribution in [0.15, 0.2) is 30.3 Å². The van der Waals surface area contributed by atoms with Crippen molar-refractivity contribution in [3.63, 3.8) is 0 Å². The molecule has 1 N–H and O–H groups in total. The van der Waals surface area contributed by atoms with E-state index in [-0.39, 0.29) is 11.8 Å². The van der Waals surface area contributed by atoms with Gasteiger partial charge in [0.15, 0.2) is 0 Å². The van der Waals surface area contributed by atoms with Crippen molar-refractivity contribution >= 4 is 10.0 Å². The van der Waals surface area contributed by atoms with Gasteiger partial charge in [-0.2, -0.15) is 0 Å². The Labute approximate surface area is 121 Å². The zero-order valence-electron chi connectivity index (χ0n) is 11.8. The molecule has 0 aromatic heterocycles. The molecule has 0 saturated carbocycles. The first kappa shape index (κ1) is 15.4. The van der Waals surface area contributed by atoms with Crippen molar-refractivity contribution in [1.29, 1.82) is 0 Å². The Morgan fingerprint density at radius 2 is 1.90 bits per heavy atom. The molecule has 0 aliphatic carbocycles. The van der Waals surface area contributed by atoms with E-state index in [2.05, 4.69) is 9.62 Å². The minimum Gasteiger partial charge on any atom is -0.379 e. The summed E-state index contributed by atoms with van der Waals surface area (Å²) in [6.07, 6.45) is 0. The Morgan fingerprint density at radius 3 is 2.50 bits per heavy atom. The quantitative estimate of drug-likeness (QED) is 0.851. The first-order valence-corrected chi connectivity index (χ1v) is 8.61. The molecule has 1 saturated heterocycles. The zero-order valence-corrected chi connectivity index (χ0v) is 12.6. The number of morpholine rings is 1. The Morgan fingerprint density at radius 1 is 1.25 bits per heavy atom. The van der Waals surface area contributed by atoms with Gasteiger partial charge >= 0.3 is 0 Å². The van der Waals surface area contributed by atoms with Gasteiger partial charge in [0, 0.05) is 25.7 Å². The minimum absolute atomic E-state index is 0.0569. The van der Waals surface area contributed by atoms with Crippen molar-refractivity contribution in [2.24, 2.45) is 0 Å². The Bertz CT molecular complexity index is 498. The van der Waals surface area contributed by atoms with Crippen LogP contribution >= 0.6 is 0 Å². The second-order valence-corrected chi connectivity index (χ2v) is 6.92. The number of hydrogen-bond donors (Lipinski definition) is 1. The highest BCUT2D eigenvalue weighted by atomic mass is 32.2. The van der Waals surface area contributed by atoms with Crippen LogP contribution in [0.2, 0.25) is 0 Å². The third kappa shape index (κ3) is 4.28. The first-order chi connectivity index (χ1) is 9.62. The number of hydrogen-bond acceptors (Lipinski definition) is 4. The van der Waals surface area contributed by atoms with Crippen LogP contribution in [-0.2, 0) is 14.8 Å². The van der Waals surface area contributed by atoms with Crippen LogP contribution in [0.1, 0.15) is 18.5 Å². The smallest absolute Gasteiger partial charge is 0.211 e. The Kier molecular flexibility index (Phi) is 5.54. The highest BCUT2D eigenvalue weighted by Crippen LogP contribution is 2.21. The molecule has 1 atom stereocenters. The van der Waals surface area contributed by atoms with Gasteiger partial charge < -0.3 is 4.74 Å². The van der Waals surface area contributed by atoms with E-state index in [1.807, 2.05) is 30.3 Å². The molecule has 1 aliphatic rings. The molecule has 6 heteroatoms. The van der Waals surface area contributed by atoms with E-state index < -0.39 is 10.0 Å². The number of benzene rings is 1. The lowest BCUT2D eigenvalue weighted by Gasteiger charge is -2.34. The number of nitrogens with zero attached hydrogens (tertiary/aromatic N) is 1. The van der Waals surface area contributed by atoms with Crippen LogP contribution in [0.4, 0.5) is 0 Å². The standard InChI is InChI=1S/C14H22N2O3S/c1-2-20(17,18)15-12-14(13-6-4-3-5-7-13)16-8-10-19-11-9-16/h3-7,14-15H,2,8-12H2,1H3. The predicted molar refractivity (Wildman–Crippen MR) is 79.0 cm³/mol. The molecule has 0 spiro atoms. The summed E-state index contributed by atoms with van der Waals surface area (Å²) in [5, 5.41) is 0. The number of nitrogens with one attached hydrogen (secondary N) is 1. The summed E-state index contributed by atoms with van der Waals surface area (Å²) < 4.78 is 31.4. The van der Waals surface area contributed by atoms with E-state index >= 15 is 0 Å². The van der Waals surface area contributed by atoms with Gasteiger partial charge in [-0.3, -0.25) is 4.90 Å². The monoisotopic (exact) mass is 298 g/mol. The molecule has 1 aromatic carbocycles.